The molecule has 2 heterocycles. The van der Waals surface area contributed by atoms with E-state index in [1.165, 1.54) is 16.7 Å². The second kappa shape index (κ2) is 11.2. The van der Waals surface area contributed by atoms with Crippen LogP contribution in [0.25, 0.3) is 33.2 Å². The summed E-state index contributed by atoms with van der Waals surface area (Å²) < 4.78 is 13.2. The Morgan fingerprint density at radius 3 is 2.67 bits per heavy atom. The molecule has 0 radical (unpaired) electrons. The Morgan fingerprint density at radius 1 is 1.12 bits per heavy atom. The minimum Gasteiger partial charge on any atom is -0.493 e. The van der Waals surface area contributed by atoms with Gasteiger partial charge in [-0.1, -0.05) is 12.1 Å². The van der Waals surface area contributed by atoms with Crippen LogP contribution >= 0.6 is 0 Å². The van der Waals surface area contributed by atoms with Gasteiger partial charge in [0.2, 0.25) is 0 Å². The molecule has 0 unspecified atom stereocenters. The fraction of sp³-hybridized carbons (Fsp3) is 0.222. The quantitative estimate of drug-likeness (QED) is 0.150. The Morgan fingerprint density at radius 2 is 1.95 bits per heavy atom. The predicted octanol–water partition coefficient (Wildman–Crippen LogP) is 4.21. The molecule has 0 spiro atoms. The molecule has 3 aromatic carbocycles. The molecule has 5 rings (SSSR count). The molecule has 12 nitrogen and oxygen atoms in total. The molecule has 0 aliphatic rings. The minimum atomic E-state index is -0.763. The Bertz CT molecular complexity index is 1710. The van der Waals surface area contributed by atoms with E-state index in [4.69, 9.17) is 19.4 Å². The van der Waals surface area contributed by atoms with Gasteiger partial charge in [-0.3, -0.25) is 14.7 Å². The van der Waals surface area contributed by atoms with Crippen molar-refractivity contribution in [3.05, 3.63) is 70.9 Å². The van der Waals surface area contributed by atoms with Crippen molar-refractivity contribution in [3.8, 4) is 22.9 Å². The van der Waals surface area contributed by atoms with Crippen LogP contribution < -0.4 is 14.8 Å². The van der Waals surface area contributed by atoms with Gasteiger partial charge in [0.05, 0.1) is 29.3 Å². The van der Waals surface area contributed by atoms with Gasteiger partial charge in [0, 0.05) is 46.8 Å². The number of nitro benzene ring substituents is 1. The third-order valence-electron chi connectivity index (χ3n) is 6.30. The molecule has 0 amide bonds. The van der Waals surface area contributed by atoms with Crippen LogP contribution in [0.4, 0.5) is 17.2 Å². The number of hydrogen-bond acceptors (Lipinski definition) is 10. The Hall–Kier alpha value is -4.75. The highest BCUT2D eigenvalue weighted by molar-refractivity contribution is 6.47. The second-order valence-corrected chi connectivity index (χ2v) is 9.49. The summed E-state index contributed by atoms with van der Waals surface area (Å²) >= 11 is 0. The predicted molar refractivity (Wildman–Crippen MR) is 154 cm³/mol. The van der Waals surface area contributed by atoms with Crippen LogP contribution in [0, 0.1) is 10.1 Å². The van der Waals surface area contributed by atoms with Crippen molar-refractivity contribution in [2.24, 2.45) is 0 Å². The highest BCUT2D eigenvalue weighted by Gasteiger charge is 2.18. The molecule has 2 N–H and O–H groups in total. The van der Waals surface area contributed by atoms with Gasteiger partial charge in [-0.05, 0) is 45.2 Å². The van der Waals surface area contributed by atoms with Crippen molar-refractivity contribution in [3.63, 3.8) is 0 Å². The molecule has 0 atom stereocenters. The number of benzene rings is 3. The Labute approximate surface area is 230 Å². The fourth-order valence-electron chi connectivity index (χ4n) is 4.30. The summed E-state index contributed by atoms with van der Waals surface area (Å²) in [6.07, 6.45) is 1.68. The van der Waals surface area contributed by atoms with Gasteiger partial charge in [-0.2, -0.15) is 5.10 Å². The van der Waals surface area contributed by atoms with Gasteiger partial charge < -0.3 is 24.7 Å². The average molecular weight is 541 g/mol. The molecule has 0 aliphatic heterocycles. The van der Waals surface area contributed by atoms with E-state index in [2.05, 4.69) is 10.4 Å². The first-order valence-corrected chi connectivity index (χ1v) is 12.6. The van der Waals surface area contributed by atoms with Crippen LogP contribution in [0.3, 0.4) is 0 Å². The number of methoxy groups -OCH3 is 1. The summed E-state index contributed by atoms with van der Waals surface area (Å²) in [5.74, 6) is 1.84. The number of rotatable bonds is 10. The lowest BCUT2D eigenvalue weighted by molar-refractivity contribution is -0.384. The van der Waals surface area contributed by atoms with Crippen LogP contribution in [0.15, 0.2) is 60.8 Å². The number of anilines is 2. The number of fused-ring (bicyclic) bond motifs is 2. The van der Waals surface area contributed by atoms with E-state index < -0.39 is 12.0 Å². The third-order valence-corrected chi connectivity index (χ3v) is 6.30. The zero-order valence-electron chi connectivity index (χ0n) is 22.5. The largest absolute Gasteiger partial charge is 0.493 e. The SMILES string of the molecule is COc1cc2nc(-c3cccc([N+](=O)[O-])c3)nc(Nc3ccc4c(cnn4B(C)O)c3)c2cc1OCCN(C)C. The highest BCUT2D eigenvalue weighted by atomic mass is 16.6. The van der Waals surface area contributed by atoms with Gasteiger partial charge in [-0.25, -0.2) is 9.97 Å². The number of nitrogens with zero attached hydrogens (tertiary/aromatic N) is 6. The van der Waals surface area contributed by atoms with Crippen molar-refractivity contribution in [2.75, 3.05) is 39.7 Å². The van der Waals surface area contributed by atoms with Crippen LogP contribution in [-0.4, -0.2) is 75.9 Å². The van der Waals surface area contributed by atoms with E-state index in [1.54, 1.807) is 38.3 Å². The van der Waals surface area contributed by atoms with Crippen LogP contribution in [0.5, 0.6) is 11.5 Å². The fourth-order valence-corrected chi connectivity index (χ4v) is 4.30. The molecule has 0 fully saturated rings. The monoisotopic (exact) mass is 541 g/mol. The molecule has 0 aliphatic carbocycles. The summed E-state index contributed by atoms with van der Waals surface area (Å²) in [4.78, 5) is 22.5. The number of nitrogens with one attached hydrogen (secondary N) is 1. The van der Waals surface area contributed by atoms with Crippen molar-refractivity contribution >= 4 is 46.0 Å². The first kappa shape index (κ1) is 26.8. The third kappa shape index (κ3) is 5.51. The summed E-state index contributed by atoms with van der Waals surface area (Å²) in [6.45, 7) is 2.82. The zero-order chi connectivity index (χ0) is 28.4. The molecular weight excluding hydrogens is 513 g/mol. The average Bonchev–Trinajstić information content (AvgIpc) is 3.36. The molecule has 204 valence electrons. The van der Waals surface area contributed by atoms with E-state index in [-0.39, 0.29) is 5.69 Å². The van der Waals surface area contributed by atoms with Gasteiger partial charge in [0.25, 0.3) is 5.69 Å². The Kier molecular flexibility index (Phi) is 7.49. The summed E-state index contributed by atoms with van der Waals surface area (Å²) in [5.41, 5.74) is 2.52. The molecule has 0 bridgehead atoms. The topological polar surface area (TPSA) is 141 Å². The number of hydrogen-bond donors (Lipinski definition) is 2. The molecule has 13 heteroatoms. The first-order chi connectivity index (χ1) is 19.2. The van der Waals surface area contributed by atoms with Crippen molar-refractivity contribution < 1.29 is 19.4 Å². The maximum absolute atomic E-state index is 11.4. The van der Waals surface area contributed by atoms with Gasteiger partial charge in [0.15, 0.2) is 17.3 Å². The number of aromatic nitrogens is 4. The Balaban J connectivity index is 1.63. The molecule has 0 saturated heterocycles. The summed E-state index contributed by atoms with van der Waals surface area (Å²) in [5, 5.41) is 30.5. The molecule has 5 aromatic rings. The van der Waals surface area contributed by atoms with E-state index in [9.17, 15) is 15.1 Å². The number of nitro groups is 1. The molecular formula is C27H28BN7O5. The molecule has 0 saturated carbocycles. The van der Waals surface area contributed by atoms with Crippen molar-refractivity contribution in [2.45, 2.75) is 6.82 Å². The standard InChI is InChI=1S/C27H28BN7O5/c1-28(36)34-23-9-8-19(12-18(23)16-29-34)30-27-21-14-25(40-11-10-33(2)3)24(39-4)15-22(21)31-26(32-27)17-6-5-7-20(13-17)35(37)38/h5-9,12-16,36H,10-11H2,1-4H3,(H,30,31,32). The zero-order valence-corrected chi connectivity index (χ0v) is 22.5. The molecule has 2 aromatic heterocycles. The number of ether oxygens (including phenoxy) is 2. The smallest absolute Gasteiger partial charge is 0.431 e. The lowest BCUT2D eigenvalue weighted by atomic mass is 9.89. The maximum atomic E-state index is 11.4. The van der Waals surface area contributed by atoms with Gasteiger partial charge in [0.1, 0.15) is 12.4 Å². The van der Waals surface area contributed by atoms with Crippen LogP contribution in [0.2, 0.25) is 6.82 Å². The van der Waals surface area contributed by atoms with E-state index in [0.717, 1.165) is 16.6 Å². The summed E-state index contributed by atoms with van der Waals surface area (Å²) in [6, 6.07) is 15.4. The number of likely N-dealkylation sites (N-methyl/N-ethyl adjacent to an activating group) is 1. The van der Waals surface area contributed by atoms with E-state index in [0.29, 0.717) is 52.8 Å². The second-order valence-electron chi connectivity index (χ2n) is 9.49. The highest BCUT2D eigenvalue weighted by Crippen LogP contribution is 2.37. The summed E-state index contributed by atoms with van der Waals surface area (Å²) in [7, 11) is 4.73. The van der Waals surface area contributed by atoms with Crippen molar-refractivity contribution in [1.29, 1.82) is 0 Å². The lowest BCUT2D eigenvalue weighted by Gasteiger charge is -2.16. The van der Waals surface area contributed by atoms with E-state index >= 15 is 0 Å². The van der Waals surface area contributed by atoms with E-state index in [1.807, 2.05) is 43.3 Å². The lowest BCUT2D eigenvalue weighted by Crippen LogP contribution is -2.20. The molecule has 40 heavy (non-hydrogen) atoms. The number of non-ortho nitro benzene ring substituents is 1. The van der Waals surface area contributed by atoms with Crippen molar-refractivity contribution in [1.82, 2.24) is 24.6 Å². The minimum absolute atomic E-state index is 0.0569. The van der Waals surface area contributed by atoms with Crippen LogP contribution in [0.1, 0.15) is 0 Å². The van der Waals surface area contributed by atoms with Crippen LogP contribution in [-0.2, 0) is 0 Å². The normalized spacial score (nSPS) is 11.2. The van der Waals surface area contributed by atoms with Gasteiger partial charge in [-0.15, -0.1) is 0 Å². The first-order valence-electron chi connectivity index (χ1n) is 12.6. The maximum Gasteiger partial charge on any atom is 0.431 e. The van der Waals surface area contributed by atoms with Gasteiger partial charge >= 0.3 is 7.05 Å².